The Morgan fingerprint density at radius 3 is 2.17 bits per heavy atom. The van der Waals surface area contributed by atoms with Gasteiger partial charge in [0.25, 0.3) is 0 Å². The standard InChI is InChI=1S/C11H21NO6/c13-4-11(5-14)2-6(15)1-7-9(17)10(18)8(16)3-12(7)11/h6-10,13-18H,1-5H2/t6-,7-,8+,9-,10+/m0/s1. The summed E-state index contributed by atoms with van der Waals surface area (Å²) in [6, 6.07) is -0.577. The summed E-state index contributed by atoms with van der Waals surface area (Å²) in [7, 11) is 0. The minimum absolute atomic E-state index is 0.0523. The third-order valence-electron chi connectivity index (χ3n) is 4.25. The second-order valence-corrected chi connectivity index (χ2v) is 5.40. The van der Waals surface area contributed by atoms with Crippen LogP contribution in [0.4, 0.5) is 0 Å². The van der Waals surface area contributed by atoms with Gasteiger partial charge in [0, 0.05) is 12.6 Å². The van der Waals surface area contributed by atoms with Crippen LogP contribution in [-0.2, 0) is 0 Å². The zero-order valence-electron chi connectivity index (χ0n) is 10.1. The van der Waals surface area contributed by atoms with Crippen molar-refractivity contribution >= 4 is 0 Å². The molecular weight excluding hydrogens is 242 g/mol. The molecule has 0 aromatic carbocycles. The molecule has 0 aromatic heterocycles. The molecule has 7 nitrogen and oxygen atoms in total. The lowest BCUT2D eigenvalue weighted by Crippen LogP contribution is -2.73. The van der Waals surface area contributed by atoms with Crippen LogP contribution in [0.15, 0.2) is 0 Å². The zero-order valence-corrected chi connectivity index (χ0v) is 10.1. The topological polar surface area (TPSA) is 125 Å². The third kappa shape index (κ3) is 2.05. The molecule has 0 amide bonds. The Kier molecular flexibility index (Phi) is 3.93. The average Bonchev–Trinajstić information content (AvgIpc) is 2.36. The summed E-state index contributed by atoms with van der Waals surface area (Å²) < 4.78 is 0. The van der Waals surface area contributed by atoms with Crippen LogP contribution in [0.25, 0.3) is 0 Å². The Morgan fingerprint density at radius 1 is 1.00 bits per heavy atom. The van der Waals surface area contributed by atoms with Crippen molar-refractivity contribution in [2.45, 2.75) is 48.8 Å². The van der Waals surface area contributed by atoms with Crippen LogP contribution in [0.1, 0.15) is 12.8 Å². The lowest BCUT2D eigenvalue weighted by molar-refractivity contribution is -0.203. The molecule has 0 unspecified atom stereocenters. The smallest absolute Gasteiger partial charge is 0.108 e. The fourth-order valence-electron chi connectivity index (χ4n) is 3.18. The van der Waals surface area contributed by atoms with Crippen molar-refractivity contribution < 1.29 is 30.6 Å². The summed E-state index contributed by atoms with van der Waals surface area (Å²) in [4.78, 5) is 1.61. The number of hydrogen-bond acceptors (Lipinski definition) is 7. The lowest BCUT2D eigenvalue weighted by Gasteiger charge is -2.56. The minimum atomic E-state index is -1.27. The highest BCUT2D eigenvalue weighted by Crippen LogP contribution is 2.37. The number of nitrogens with zero attached hydrogens (tertiary/aromatic N) is 1. The molecule has 0 radical (unpaired) electrons. The van der Waals surface area contributed by atoms with Crippen LogP contribution in [0.3, 0.4) is 0 Å². The van der Waals surface area contributed by atoms with E-state index in [-0.39, 0.29) is 32.6 Å². The second kappa shape index (κ2) is 5.01. The minimum Gasteiger partial charge on any atom is -0.394 e. The van der Waals surface area contributed by atoms with Crippen molar-refractivity contribution in [3.63, 3.8) is 0 Å². The van der Waals surface area contributed by atoms with Crippen molar-refractivity contribution in [2.75, 3.05) is 19.8 Å². The number of hydrogen-bond donors (Lipinski definition) is 6. The van der Waals surface area contributed by atoms with E-state index in [0.29, 0.717) is 0 Å². The highest BCUT2D eigenvalue weighted by atomic mass is 16.4. The molecule has 18 heavy (non-hydrogen) atoms. The van der Waals surface area contributed by atoms with Gasteiger partial charge in [-0.3, -0.25) is 4.90 Å². The van der Waals surface area contributed by atoms with Gasteiger partial charge in [0.15, 0.2) is 0 Å². The van der Waals surface area contributed by atoms with Crippen molar-refractivity contribution in [1.29, 1.82) is 0 Å². The molecule has 2 saturated heterocycles. The molecule has 106 valence electrons. The van der Waals surface area contributed by atoms with Gasteiger partial charge < -0.3 is 30.6 Å². The van der Waals surface area contributed by atoms with E-state index >= 15 is 0 Å². The fraction of sp³-hybridized carbons (Fsp3) is 1.00. The average molecular weight is 263 g/mol. The molecule has 0 bridgehead atoms. The van der Waals surface area contributed by atoms with Crippen LogP contribution < -0.4 is 0 Å². The first-order valence-corrected chi connectivity index (χ1v) is 6.16. The van der Waals surface area contributed by atoms with Gasteiger partial charge in [-0.2, -0.15) is 0 Å². The fourth-order valence-corrected chi connectivity index (χ4v) is 3.18. The monoisotopic (exact) mass is 263 g/mol. The molecule has 2 aliphatic heterocycles. The largest absolute Gasteiger partial charge is 0.394 e. The Morgan fingerprint density at radius 2 is 1.61 bits per heavy atom. The summed E-state index contributed by atoms with van der Waals surface area (Å²) in [5, 5.41) is 58.1. The first kappa shape index (κ1) is 14.1. The van der Waals surface area contributed by atoms with Gasteiger partial charge in [0.05, 0.1) is 37.1 Å². The van der Waals surface area contributed by atoms with Crippen LogP contribution in [-0.4, -0.2) is 91.3 Å². The van der Waals surface area contributed by atoms with Crippen molar-refractivity contribution in [3.05, 3.63) is 0 Å². The van der Waals surface area contributed by atoms with Crippen LogP contribution >= 0.6 is 0 Å². The Bertz CT molecular complexity index is 297. The molecule has 5 atom stereocenters. The van der Waals surface area contributed by atoms with E-state index in [1.54, 1.807) is 4.90 Å². The number of aliphatic hydroxyl groups excluding tert-OH is 6. The lowest BCUT2D eigenvalue weighted by atomic mass is 9.77. The van der Waals surface area contributed by atoms with Crippen molar-refractivity contribution in [2.24, 2.45) is 0 Å². The van der Waals surface area contributed by atoms with E-state index in [1.165, 1.54) is 0 Å². The quantitative estimate of drug-likeness (QED) is 0.307. The predicted molar refractivity (Wildman–Crippen MR) is 60.7 cm³/mol. The van der Waals surface area contributed by atoms with E-state index in [4.69, 9.17) is 0 Å². The zero-order chi connectivity index (χ0) is 13.5. The molecule has 0 aromatic rings. The van der Waals surface area contributed by atoms with Gasteiger partial charge in [-0.25, -0.2) is 0 Å². The number of aliphatic hydroxyl groups is 6. The molecule has 2 rings (SSSR count). The van der Waals surface area contributed by atoms with Gasteiger partial charge in [0.1, 0.15) is 6.10 Å². The summed E-state index contributed by atoms with van der Waals surface area (Å²) in [6.07, 6.45) is -3.96. The number of rotatable bonds is 2. The van der Waals surface area contributed by atoms with Gasteiger partial charge in [-0.15, -0.1) is 0 Å². The molecule has 2 heterocycles. The van der Waals surface area contributed by atoms with Crippen molar-refractivity contribution in [3.8, 4) is 0 Å². The summed E-state index contributed by atoms with van der Waals surface area (Å²) >= 11 is 0. The van der Waals surface area contributed by atoms with Gasteiger partial charge in [-0.05, 0) is 12.8 Å². The molecule has 6 N–H and O–H groups in total. The Balaban J connectivity index is 2.30. The summed E-state index contributed by atoms with van der Waals surface area (Å²) in [5.74, 6) is 0. The van der Waals surface area contributed by atoms with E-state index in [0.717, 1.165) is 0 Å². The van der Waals surface area contributed by atoms with Crippen molar-refractivity contribution in [1.82, 2.24) is 4.90 Å². The first-order valence-electron chi connectivity index (χ1n) is 6.16. The Labute approximate surface area is 105 Å². The SMILES string of the molecule is OCC1(CO)C[C@@H](O)C[C@H]2[C@H](O)[C@H](O)[C@H](O)CN21. The van der Waals surface area contributed by atoms with E-state index in [9.17, 15) is 30.6 Å². The van der Waals surface area contributed by atoms with Crippen LogP contribution in [0.2, 0.25) is 0 Å². The molecule has 2 fully saturated rings. The maximum absolute atomic E-state index is 9.96. The molecule has 0 saturated carbocycles. The normalized spacial score (nSPS) is 44.7. The second-order valence-electron chi connectivity index (χ2n) is 5.40. The van der Waals surface area contributed by atoms with Crippen LogP contribution in [0, 0.1) is 0 Å². The Hall–Kier alpha value is -0.280. The maximum Gasteiger partial charge on any atom is 0.108 e. The number of fused-ring (bicyclic) bond motifs is 1. The number of β-amino-alcohol motifs (C(OH)–C–C–N with tert-alkyl or cyclic N) is 1. The van der Waals surface area contributed by atoms with Gasteiger partial charge >= 0.3 is 0 Å². The summed E-state index contributed by atoms with van der Waals surface area (Å²) in [6.45, 7) is -0.712. The van der Waals surface area contributed by atoms with E-state index in [1.807, 2.05) is 0 Å². The van der Waals surface area contributed by atoms with Gasteiger partial charge in [0.2, 0.25) is 0 Å². The first-order chi connectivity index (χ1) is 8.45. The third-order valence-corrected chi connectivity index (χ3v) is 4.25. The predicted octanol–water partition coefficient (Wildman–Crippen LogP) is -3.37. The molecule has 7 heteroatoms. The highest BCUT2D eigenvalue weighted by molar-refractivity contribution is 5.07. The summed E-state index contributed by atoms with van der Waals surface area (Å²) in [5.41, 5.74) is -1.07. The maximum atomic E-state index is 9.96. The highest BCUT2D eigenvalue weighted by Gasteiger charge is 2.53. The van der Waals surface area contributed by atoms with Gasteiger partial charge in [-0.1, -0.05) is 0 Å². The molecule has 0 aliphatic carbocycles. The molecule has 2 aliphatic rings. The number of piperidine rings is 2. The van der Waals surface area contributed by atoms with Crippen LogP contribution in [0.5, 0.6) is 0 Å². The van der Waals surface area contributed by atoms with E-state index in [2.05, 4.69) is 0 Å². The molecule has 0 spiro atoms. The van der Waals surface area contributed by atoms with E-state index < -0.39 is 36.0 Å². The molecular formula is C11H21NO6.